The minimum atomic E-state index is -1.08. The molecule has 1 saturated heterocycles. The van der Waals surface area contributed by atoms with Crippen molar-refractivity contribution in [2.24, 2.45) is 5.73 Å². The van der Waals surface area contributed by atoms with Gasteiger partial charge >= 0.3 is 5.97 Å². The molecule has 0 saturated carbocycles. The van der Waals surface area contributed by atoms with Crippen molar-refractivity contribution in [2.45, 2.75) is 37.5 Å². The third-order valence-electron chi connectivity index (χ3n) is 3.78. The SMILES string of the molecule is NC(CCC(=O)N1C[C@H](O)C[C@@H]1C(=O)O)c1ccccc1. The lowest BCUT2D eigenvalue weighted by Gasteiger charge is -2.22. The summed E-state index contributed by atoms with van der Waals surface area (Å²) in [6, 6.07) is 8.27. The summed E-state index contributed by atoms with van der Waals surface area (Å²) in [5.41, 5.74) is 6.97. The van der Waals surface area contributed by atoms with Gasteiger partial charge in [0.2, 0.25) is 5.91 Å². The van der Waals surface area contributed by atoms with Gasteiger partial charge in [-0.3, -0.25) is 4.79 Å². The van der Waals surface area contributed by atoms with Crippen LogP contribution in [0.1, 0.15) is 30.9 Å². The molecule has 2 rings (SSSR count). The van der Waals surface area contributed by atoms with Crippen LogP contribution in [0.5, 0.6) is 0 Å². The topological polar surface area (TPSA) is 104 Å². The number of carbonyl (C=O) groups excluding carboxylic acids is 1. The Hall–Kier alpha value is -1.92. The number of carboxylic acid groups (broad SMARTS) is 1. The van der Waals surface area contributed by atoms with Gasteiger partial charge in [0.1, 0.15) is 6.04 Å². The number of rotatable bonds is 5. The molecule has 6 nitrogen and oxygen atoms in total. The summed E-state index contributed by atoms with van der Waals surface area (Å²) in [5.74, 6) is -1.35. The molecule has 3 atom stereocenters. The molecule has 1 heterocycles. The summed E-state index contributed by atoms with van der Waals surface area (Å²) < 4.78 is 0. The number of hydrogen-bond donors (Lipinski definition) is 3. The highest BCUT2D eigenvalue weighted by atomic mass is 16.4. The van der Waals surface area contributed by atoms with Crippen LogP contribution in [-0.2, 0) is 9.59 Å². The van der Waals surface area contributed by atoms with E-state index in [1.54, 1.807) is 0 Å². The van der Waals surface area contributed by atoms with Gasteiger partial charge in [0.05, 0.1) is 6.10 Å². The molecule has 1 aliphatic rings. The van der Waals surface area contributed by atoms with Crippen molar-refractivity contribution in [2.75, 3.05) is 6.54 Å². The Labute approximate surface area is 123 Å². The molecule has 0 bridgehead atoms. The molecule has 0 radical (unpaired) electrons. The Morgan fingerprint density at radius 1 is 1.33 bits per heavy atom. The zero-order valence-electron chi connectivity index (χ0n) is 11.7. The molecule has 1 aliphatic heterocycles. The van der Waals surface area contributed by atoms with Gasteiger partial charge in [0, 0.05) is 25.4 Å². The fourth-order valence-corrected chi connectivity index (χ4v) is 2.61. The minimum Gasteiger partial charge on any atom is -0.480 e. The first-order valence-corrected chi connectivity index (χ1v) is 7.00. The largest absolute Gasteiger partial charge is 0.480 e. The number of carboxylic acids is 1. The number of aliphatic hydroxyl groups excluding tert-OH is 1. The van der Waals surface area contributed by atoms with Crippen LogP contribution < -0.4 is 5.73 Å². The van der Waals surface area contributed by atoms with Crippen molar-refractivity contribution in [1.82, 2.24) is 4.90 Å². The van der Waals surface area contributed by atoms with E-state index >= 15 is 0 Å². The number of β-amino-alcohol motifs (C(OH)–C–C–N with tert-alkyl or cyclic N) is 1. The van der Waals surface area contributed by atoms with E-state index in [4.69, 9.17) is 10.8 Å². The van der Waals surface area contributed by atoms with E-state index < -0.39 is 18.1 Å². The number of nitrogens with zero attached hydrogens (tertiary/aromatic N) is 1. The number of benzene rings is 1. The predicted octanol–water partition coefficient (Wildman–Crippen LogP) is 0.513. The quantitative estimate of drug-likeness (QED) is 0.733. The number of amides is 1. The van der Waals surface area contributed by atoms with E-state index in [1.165, 1.54) is 4.90 Å². The summed E-state index contributed by atoms with van der Waals surface area (Å²) in [6.07, 6.45) is -0.0574. The number of likely N-dealkylation sites (tertiary alicyclic amines) is 1. The van der Waals surface area contributed by atoms with Crippen molar-refractivity contribution in [3.63, 3.8) is 0 Å². The molecule has 21 heavy (non-hydrogen) atoms. The smallest absolute Gasteiger partial charge is 0.326 e. The maximum atomic E-state index is 12.1. The average Bonchev–Trinajstić information content (AvgIpc) is 2.87. The third-order valence-corrected chi connectivity index (χ3v) is 3.78. The van der Waals surface area contributed by atoms with E-state index in [2.05, 4.69) is 0 Å². The summed E-state index contributed by atoms with van der Waals surface area (Å²) in [4.78, 5) is 24.5. The van der Waals surface area contributed by atoms with Crippen LogP contribution in [0, 0.1) is 0 Å². The second-order valence-corrected chi connectivity index (χ2v) is 5.35. The van der Waals surface area contributed by atoms with E-state index in [0.29, 0.717) is 6.42 Å². The summed E-state index contributed by atoms with van der Waals surface area (Å²) >= 11 is 0. The fourth-order valence-electron chi connectivity index (χ4n) is 2.61. The van der Waals surface area contributed by atoms with Gasteiger partial charge in [-0.1, -0.05) is 30.3 Å². The molecule has 1 fully saturated rings. The van der Waals surface area contributed by atoms with Crippen molar-refractivity contribution >= 4 is 11.9 Å². The molecular formula is C15H20N2O4. The molecule has 6 heteroatoms. The van der Waals surface area contributed by atoms with Gasteiger partial charge in [-0.25, -0.2) is 4.79 Å². The average molecular weight is 292 g/mol. The van der Waals surface area contributed by atoms with Crippen LogP contribution in [-0.4, -0.2) is 45.7 Å². The third kappa shape index (κ3) is 3.80. The van der Waals surface area contributed by atoms with Crippen molar-refractivity contribution < 1.29 is 19.8 Å². The first kappa shape index (κ1) is 15.5. The number of carbonyl (C=O) groups is 2. The second-order valence-electron chi connectivity index (χ2n) is 5.35. The van der Waals surface area contributed by atoms with Gasteiger partial charge in [-0.05, 0) is 12.0 Å². The standard InChI is InChI=1S/C15H20N2O4/c16-12(10-4-2-1-3-5-10)6-7-14(19)17-9-11(18)8-13(17)15(20)21/h1-5,11-13,18H,6-9,16H2,(H,20,21)/t11-,12?,13-/m1/s1. The second kappa shape index (κ2) is 6.69. The number of aliphatic carboxylic acids is 1. The molecule has 1 unspecified atom stereocenters. The van der Waals surface area contributed by atoms with Crippen molar-refractivity contribution in [3.8, 4) is 0 Å². The van der Waals surface area contributed by atoms with Gasteiger partial charge < -0.3 is 20.8 Å². The Kier molecular flexibility index (Phi) is 4.93. The Morgan fingerprint density at radius 2 is 2.00 bits per heavy atom. The first-order valence-electron chi connectivity index (χ1n) is 7.00. The van der Waals surface area contributed by atoms with E-state index in [-0.39, 0.29) is 31.3 Å². The fraction of sp³-hybridized carbons (Fsp3) is 0.467. The molecule has 1 aromatic carbocycles. The highest BCUT2D eigenvalue weighted by molar-refractivity contribution is 5.84. The Morgan fingerprint density at radius 3 is 2.62 bits per heavy atom. The molecular weight excluding hydrogens is 272 g/mol. The van der Waals surface area contributed by atoms with E-state index in [0.717, 1.165) is 5.56 Å². The molecule has 1 amide bonds. The Balaban J connectivity index is 1.91. The van der Waals surface area contributed by atoms with Crippen LogP contribution in [0.4, 0.5) is 0 Å². The number of hydrogen-bond acceptors (Lipinski definition) is 4. The highest BCUT2D eigenvalue weighted by Gasteiger charge is 2.38. The lowest BCUT2D eigenvalue weighted by molar-refractivity contribution is -0.148. The molecule has 114 valence electrons. The van der Waals surface area contributed by atoms with Crippen molar-refractivity contribution in [1.29, 1.82) is 0 Å². The maximum absolute atomic E-state index is 12.1. The summed E-state index contributed by atoms with van der Waals surface area (Å²) in [7, 11) is 0. The zero-order valence-corrected chi connectivity index (χ0v) is 11.7. The molecule has 0 spiro atoms. The molecule has 0 aliphatic carbocycles. The minimum absolute atomic E-state index is 0.0797. The summed E-state index contributed by atoms with van der Waals surface area (Å²) in [5, 5.41) is 18.6. The maximum Gasteiger partial charge on any atom is 0.326 e. The van der Waals surface area contributed by atoms with Gasteiger partial charge in [0.15, 0.2) is 0 Å². The van der Waals surface area contributed by atoms with Crippen molar-refractivity contribution in [3.05, 3.63) is 35.9 Å². The van der Waals surface area contributed by atoms with E-state index in [1.807, 2.05) is 30.3 Å². The van der Waals surface area contributed by atoms with Crippen LogP contribution in [0.2, 0.25) is 0 Å². The van der Waals surface area contributed by atoms with Crippen LogP contribution in [0.3, 0.4) is 0 Å². The van der Waals surface area contributed by atoms with Gasteiger partial charge in [0.25, 0.3) is 0 Å². The van der Waals surface area contributed by atoms with Gasteiger partial charge in [-0.15, -0.1) is 0 Å². The monoisotopic (exact) mass is 292 g/mol. The van der Waals surface area contributed by atoms with E-state index in [9.17, 15) is 14.7 Å². The normalized spacial score (nSPS) is 23.0. The number of aliphatic hydroxyl groups is 1. The first-order chi connectivity index (χ1) is 9.99. The van der Waals surface area contributed by atoms with Crippen LogP contribution in [0.25, 0.3) is 0 Å². The van der Waals surface area contributed by atoms with Gasteiger partial charge in [-0.2, -0.15) is 0 Å². The lowest BCUT2D eigenvalue weighted by Crippen LogP contribution is -2.40. The zero-order chi connectivity index (χ0) is 15.4. The Bertz CT molecular complexity index is 506. The predicted molar refractivity (Wildman–Crippen MR) is 76.4 cm³/mol. The molecule has 1 aromatic rings. The lowest BCUT2D eigenvalue weighted by atomic mass is 10.0. The molecule has 0 aromatic heterocycles. The molecule has 4 N–H and O–H groups in total. The number of nitrogens with two attached hydrogens (primary N) is 1. The van der Waals surface area contributed by atoms with Crippen LogP contribution >= 0.6 is 0 Å². The van der Waals surface area contributed by atoms with Crippen LogP contribution in [0.15, 0.2) is 30.3 Å². The highest BCUT2D eigenvalue weighted by Crippen LogP contribution is 2.21. The summed E-state index contributed by atoms with van der Waals surface area (Å²) in [6.45, 7) is 0.0797.